The molecule has 4 heteroatoms. The third-order valence-corrected chi connectivity index (χ3v) is 3.34. The van der Waals surface area contributed by atoms with E-state index >= 15 is 0 Å². The molecule has 17 heavy (non-hydrogen) atoms. The molecule has 0 saturated carbocycles. The molecule has 1 amide bonds. The summed E-state index contributed by atoms with van der Waals surface area (Å²) in [6.07, 6.45) is 0.803. The number of nitrogens with zero attached hydrogens (tertiary/aromatic N) is 1. The third-order valence-electron chi connectivity index (χ3n) is 3.34. The van der Waals surface area contributed by atoms with Gasteiger partial charge in [0.05, 0.1) is 5.56 Å². The van der Waals surface area contributed by atoms with Crippen molar-refractivity contribution in [3.05, 3.63) is 22.6 Å². The number of hydrogen-bond donors (Lipinski definition) is 1. The van der Waals surface area contributed by atoms with Gasteiger partial charge in [0, 0.05) is 18.7 Å². The Balaban J connectivity index is 2.96. The SMILES string of the molecule is Cc1oc(C)c(C(=O)N(C)C(C)CCN)c1C. The minimum atomic E-state index is 0.0119. The number of amides is 1. The van der Waals surface area contributed by atoms with Crippen molar-refractivity contribution in [1.82, 2.24) is 4.90 Å². The van der Waals surface area contributed by atoms with Gasteiger partial charge in [0.25, 0.3) is 5.91 Å². The Hall–Kier alpha value is -1.29. The molecule has 0 aromatic carbocycles. The molecule has 0 spiro atoms. The maximum absolute atomic E-state index is 12.3. The van der Waals surface area contributed by atoms with Gasteiger partial charge >= 0.3 is 0 Å². The maximum atomic E-state index is 12.3. The lowest BCUT2D eigenvalue weighted by atomic mass is 10.1. The van der Waals surface area contributed by atoms with Crippen LogP contribution in [0.2, 0.25) is 0 Å². The first-order valence-corrected chi connectivity index (χ1v) is 5.94. The molecule has 1 atom stereocenters. The van der Waals surface area contributed by atoms with Crippen LogP contribution in [0.1, 0.15) is 40.8 Å². The predicted octanol–water partition coefficient (Wildman–Crippen LogP) is 2.01. The van der Waals surface area contributed by atoms with Gasteiger partial charge < -0.3 is 15.1 Å². The Morgan fingerprint density at radius 3 is 2.35 bits per heavy atom. The molecular formula is C13H22N2O2. The van der Waals surface area contributed by atoms with Crippen LogP contribution >= 0.6 is 0 Å². The van der Waals surface area contributed by atoms with Crippen LogP contribution in [-0.2, 0) is 0 Å². The van der Waals surface area contributed by atoms with Crippen LogP contribution in [0.3, 0.4) is 0 Å². The summed E-state index contributed by atoms with van der Waals surface area (Å²) in [4.78, 5) is 14.1. The molecule has 0 aliphatic rings. The predicted molar refractivity (Wildman–Crippen MR) is 68.1 cm³/mol. The van der Waals surface area contributed by atoms with Crippen molar-refractivity contribution in [2.45, 2.75) is 40.2 Å². The Morgan fingerprint density at radius 1 is 1.35 bits per heavy atom. The van der Waals surface area contributed by atoms with E-state index in [1.165, 1.54) is 0 Å². The van der Waals surface area contributed by atoms with E-state index in [0.717, 1.165) is 17.7 Å². The molecule has 0 radical (unpaired) electrons. The summed E-state index contributed by atoms with van der Waals surface area (Å²) in [5, 5.41) is 0. The lowest BCUT2D eigenvalue weighted by Crippen LogP contribution is -2.36. The van der Waals surface area contributed by atoms with Crippen LogP contribution in [0.5, 0.6) is 0 Å². The number of carbonyl (C=O) groups is 1. The topological polar surface area (TPSA) is 59.5 Å². The molecule has 2 N–H and O–H groups in total. The highest BCUT2D eigenvalue weighted by Gasteiger charge is 2.23. The second-order valence-electron chi connectivity index (χ2n) is 4.56. The van der Waals surface area contributed by atoms with Crippen molar-refractivity contribution >= 4 is 5.91 Å². The minimum Gasteiger partial charge on any atom is -0.466 e. The first kappa shape index (κ1) is 13.8. The van der Waals surface area contributed by atoms with Crippen LogP contribution in [0.25, 0.3) is 0 Å². The molecular weight excluding hydrogens is 216 g/mol. The van der Waals surface area contributed by atoms with Gasteiger partial charge in [-0.2, -0.15) is 0 Å². The Labute approximate surface area is 103 Å². The summed E-state index contributed by atoms with van der Waals surface area (Å²) in [7, 11) is 1.81. The Bertz CT molecular complexity index is 410. The van der Waals surface area contributed by atoms with Crippen molar-refractivity contribution in [3.8, 4) is 0 Å². The van der Waals surface area contributed by atoms with Gasteiger partial charge in [-0.15, -0.1) is 0 Å². The molecule has 96 valence electrons. The fourth-order valence-corrected chi connectivity index (χ4v) is 1.92. The molecule has 0 aliphatic heterocycles. The lowest BCUT2D eigenvalue weighted by Gasteiger charge is -2.24. The molecule has 0 saturated heterocycles. The number of furan rings is 1. The van der Waals surface area contributed by atoms with Gasteiger partial charge in [0.15, 0.2) is 0 Å². The zero-order valence-corrected chi connectivity index (χ0v) is 11.3. The van der Waals surface area contributed by atoms with Crippen LogP contribution in [0.4, 0.5) is 0 Å². The number of aryl methyl sites for hydroxylation is 2. The molecule has 0 bridgehead atoms. The van der Waals surface area contributed by atoms with E-state index in [1.807, 2.05) is 34.7 Å². The summed E-state index contributed by atoms with van der Waals surface area (Å²) in [6, 6.07) is 0.140. The standard InChI is InChI=1S/C13H22N2O2/c1-8(6-7-14)15(5)13(16)12-9(2)10(3)17-11(12)4/h8H,6-7,14H2,1-5H3. The van der Waals surface area contributed by atoms with Crippen molar-refractivity contribution in [1.29, 1.82) is 0 Å². The molecule has 1 aromatic rings. The van der Waals surface area contributed by atoms with Gasteiger partial charge in [-0.3, -0.25) is 4.79 Å². The highest BCUT2D eigenvalue weighted by atomic mass is 16.3. The van der Waals surface area contributed by atoms with E-state index in [-0.39, 0.29) is 11.9 Å². The van der Waals surface area contributed by atoms with E-state index in [0.29, 0.717) is 17.9 Å². The Kier molecular flexibility index (Phi) is 4.34. The van der Waals surface area contributed by atoms with E-state index in [9.17, 15) is 4.79 Å². The van der Waals surface area contributed by atoms with Crippen molar-refractivity contribution in [3.63, 3.8) is 0 Å². The van der Waals surface area contributed by atoms with Gasteiger partial charge in [-0.05, 0) is 40.7 Å². The highest BCUT2D eigenvalue weighted by molar-refractivity contribution is 5.96. The van der Waals surface area contributed by atoms with E-state index in [2.05, 4.69) is 0 Å². The Morgan fingerprint density at radius 2 is 1.94 bits per heavy atom. The quantitative estimate of drug-likeness (QED) is 0.873. The number of hydrogen-bond acceptors (Lipinski definition) is 3. The first-order valence-electron chi connectivity index (χ1n) is 5.94. The van der Waals surface area contributed by atoms with Crippen LogP contribution in [0, 0.1) is 20.8 Å². The molecule has 0 aliphatic carbocycles. The van der Waals surface area contributed by atoms with Crippen LogP contribution < -0.4 is 5.73 Å². The fourth-order valence-electron chi connectivity index (χ4n) is 1.92. The summed E-state index contributed by atoms with van der Waals surface area (Å²) in [5.41, 5.74) is 7.13. The lowest BCUT2D eigenvalue weighted by molar-refractivity contribution is 0.0736. The highest BCUT2D eigenvalue weighted by Crippen LogP contribution is 2.22. The minimum absolute atomic E-state index is 0.0119. The fraction of sp³-hybridized carbons (Fsp3) is 0.615. The van der Waals surface area contributed by atoms with Gasteiger partial charge in [0.1, 0.15) is 11.5 Å². The van der Waals surface area contributed by atoms with Crippen molar-refractivity contribution in [2.75, 3.05) is 13.6 Å². The zero-order valence-electron chi connectivity index (χ0n) is 11.3. The molecule has 1 heterocycles. The van der Waals surface area contributed by atoms with E-state index < -0.39 is 0 Å². The molecule has 4 nitrogen and oxygen atoms in total. The second kappa shape index (κ2) is 5.36. The van der Waals surface area contributed by atoms with Crippen LogP contribution in [-0.4, -0.2) is 30.4 Å². The monoisotopic (exact) mass is 238 g/mol. The normalized spacial score (nSPS) is 12.6. The van der Waals surface area contributed by atoms with E-state index in [1.54, 1.807) is 4.90 Å². The van der Waals surface area contributed by atoms with Crippen LogP contribution in [0.15, 0.2) is 4.42 Å². The summed E-state index contributed by atoms with van der Waals surface area (Å²) in [6.45, 7) is 8.21. The second-order valence-corrected chi connectivity index (χ2v) is 4.56. The average molecular weight is 238 g/mol. The third kappa shape index (κ3) is 2.69. The first-order chi connectivity index (χ1) is 7.90. The summed E-state index contributed by atoms with van der Waals surface area (Å²) < 4.78 is 5.48. The summed E-state index contributed by atoms with van der Waals surface area (Å²) in [5.74, 6) is 1.51. The molecule has 1 unspecified atom stereocenters. The summed E-state index contributed by atoms with van der Waals surface area (Å²) >= 11 is 0. The van der Waals surface area contributed by atoms with Gasteiger partial charge in [-0.1, -0.05) is 0 Å². The largest absolute Gasteiger partial charge is 0.466 e. The molecule has 0 fully saturated rings. The average Bonchev–Trinajstić information content (AvgIpc) is 2.51. The zero-order chi connectivity index (χ0) is 13.2. The van der Waals surface area contributed by atoms with Gasteiger partial charge in [0.2, 0.25) is 0 Å². The van der Waals surface area contributed by atoms with Crippen molar-refractivity contribution in [2.24, 2.45) is 5.73 Å². The smallest absolute Gasteiger partial charge is 0.257 e. The van der Waals surface area contributed by atoms with Gasteiger partial charge in [-0.25, -0.2) is 0 Å². The number of nitrogens with two attached hydrogens (primary N) is 1. The molecule has 1 aromatic heterocycles. The number of carbonyl (C=O) groups excluding carboxylic acids is 1. The molecule has 1 rings (SSSR count). The number of rotatable bonds is 4. The maximum Gasteiger partial charge on any atom is 0.257 e. The van der Waals surface area contributed by atoms with E-state index in [4.69, 9.17) is 10.2 Å². The van der Waals surface area contributed by atoms with Crippen molar-refractivity contribution < 1.29 is 9.21 Å².